The third-order valence-electron chi connectivity index (χ3n) is 2.80. The Morgan fingerprint density at radius 2 is 1.90 bits per heavy atom. The number of carbonyl (C=O) groups is 2. The molecule has 0 radical (unpaired) electrons. The van der Waals surface area contributed by atoms with Crippen LogP contribution in [0.3, 0.4) is 0 Å². The van der Waals surface area contributed by atoms with E-state index in [1.54, 1.807) is 31.2 Å². The molecule has 0 fully saturated rings. The van der Waals surface area contributed by atoms with Gasteiger partial charge in [0.2, 0.25) is 0 Å². The first-order valence-electron chi connectivity index (χ1n) is 5.88. The Morgan fingerprint density at radius 3 is 2.50 bits per heavy atom. The van der Waals surface area contributed by atoms with Gasteiger partial charge < -0.3 is 10.4 Å². The van der Waals surface area contributed by atoms with Gasteiger partial charge in [-0.25, -0.2) is 4.79 Å². The molecule has 1 amide bonds. The third-order valence-corrected chi connectivity index (χ3v) is 3.47. The lowest BCUT2D eigenvalue weighted by atomic mass is 10.1. The van der Waals surface area contributed by atoms with E-state index in [0.29, 0.717) is 16.8 Å². The van der Waals surface area contributed by atoms with Gasteiger partial charge in [0.15, 0.2) is 0 Å². The van der Waals surface area contributed by atoms with Gasteiger partial charge in [0.1, 0.15) is 0 Å². The van der Waals surface area contributed by atoms with Crippen molar-refractivity contribution in [3.05, 3.63) is 62.7 Å². The number of amides is 1. The Kier molecular flexibility index (Phi) is 4.39. The molecule has 2 aromatic rings. The molecule has 102 valence electrons. The van der Waals surface area contributed by atoms with Crippen LogP contribution >= 0.6 is 22.6 Å². The summed E-state index contributed by atoms with van der Waals surface area (Å²) in [7, 11) is 0. The monoisotopic (exact) mass is 381 g/mol. The van der Waals surface area contributed by atoms with Crippen LogP contribution in [0.15, 0.2) is 42.5 Å². The Morgan fingerprint density at radius 1 is 1.15 bits per heavy atom. The number of carboxylic acids is 1. The Bertz CT molecular complexity index is 683. The Labute approximate surface area is 130 Å². The fraction of sp³-hybridized carbons (Fsp3) is 0.0667. The van der Waals surface area contributed by atoms with Crippen molar-refractivity contribution in [2.45, 2.75) is 6.92 Å². The number of anilines is 1. The minimum Gasteiger partial charge on any atom is -0.478 e. The molecule has 0 aliphatic rings. The van der Waals surface area contributed by atoms with Crippen molar-refractivity contribution in [1.82, 2.24) is 0 Å². The fourth-order valence-electron chi connectivity index (χ4n) is 1.81. The summed E-state index contributed by atoms with van der Waals surface area (Å²) < 4.78 is 0.979. The van der Waals surface area contributed by atoms with Crippen molar-refractivity contribution >= 4 is 40.2 Å². The number of hydrogen-bond donors (Lipinski definition) is 2. The van der Waals surface area contributed by atoms with Gasteiger partial charge in [0.05, 0.1) is 5.56 Å². The van der Waals surface area contributed by atoms with Crippen molar-refractivity contribution in [2.75, 3.05) is 5.32 Å². The lowest BCUT2D eigenvalue weighted by Gasteiger charge is -2.08. The lowest BCUT2D eigenvalue weighted by Crippen LogP contribution is -2.12. The van der Waals surface area contributed by atoms with E-state index in [2.05, 4.69) is 27.9 Å². The molecule has 2 rings (SSSR count). The number of aromatic carboxylic acids is 1. The zero-order valence-corrected chi connectivity index (χ0v) is 12.8. The van der Waals surface area contributed by atoms with Crippen LogP contribution in [0.1, 0.15) is 26.3 Å². The van der Waals surface area contributed by atoms with Gasteiger partial charge >= 0.3 is 5.97 Å². The summed E-state index contributed by atoms with van der Waals surface area (Å²) in [4.78, 5) is 23.0. The molecule has 0 aromatic heterocycles. The van der Waals surface area contributed by atoms with Crippen LogP contribution in [0, 0.1) is 10.5 Å². The quantitative estimate of drug-likeness (QED) is 0.800. The first-order chi connectivity index (χ1) is 9.47. The van der Waals surface area contributed by atoms with Gasteiger partial charge in [-0.3, -0.25) is 4.79 Å². The Hall–Kier alpha value is -1.89. The molecule has 0 aliphatic heterocycles. The van der Waals surface area contributed by atoms with E-state index < -0.39 is 5.97 Å². The molecule has 0 bridgehead atoms. The van der Waals surface area contributed by atoms with Crippen LogP contribution < -0.4 is 5.32 Å². The summed E-state index contributed by atoms with van der Waals surface area (Å²) in [6.45, 7) is 1.70. The lowest BCUT2D eigenvalue weighted by molar-refractivity contribution is 0.0696. The second-order valence-electron chi connectivity index (χ2n) is 4.30. The second kappa shape index (κ2) is 6.04. The van der Waals surface area contributed by atoms with E-state index in [0.717, 1.165) is 3.57 Å². The van der Waals surface area contributed by atoms with Crippen LogP contribution in [0.25, 0.3) is 0 Å². The smallest absolute Gasteiger partial charge is 0.335 e. The molecule has 5 heteroatoms. The average molecular weight is 381 g/mol. The second-order valence-corrected chi connectivity index (χ2v) is 5.54. The average Bonchev–Trinajstić information content (AvgIpc) is 2.38. The molecule has 0 heterocycles. The van der Waals surface area contributed by atoms with Crippen molar-refractivity contribution in [3.63, 3.8) is 0 Å². The van der Waals surface area contributed by atoms with Crippen LogP contribution in [0.4, 0.5) is 5.69 Å². The highest BCUT2D eigenvalue weighted by molar-refractivity contribution is 14.1. The van der Waals surface area contributed by atoms with E-state index in [4.69, 9.17) is 5.11 Å². The summed E-state index contributed by atoms with van der Waals surface area (Å²) >= 11 is 2.14. The minimum absolute atomic E-state index is 0.217. The van der Waals surface area contributed by atoms with Crippen molar-refractivity contribution in [2.24, 2.45) is 0 Å². The van der Waals surface area contributed by atoms with Gasteiger partial charge in [-0.05, 0) is 71.5 Å². The fourth-order valence-corrected chi connectivity index (χ4v) is 2.36. The predicted molar refractivity (Wildman–Crippen MR) is 85.3 cm³/mol. The number of hydrogen-bond acceptors (Lipinski definition) is 2. The van der Waals surface area contributed by atoms with Crippen LogP contribution in [-0.2, 0) is 0 Å². The molecule has 0 unspecified atom stereocenters. The number of benzene rings is 2. The van der Waals surface area contributed by atoms with Crippen LogP contribution in [0.2, 0.25) is 0 Å². The summed E-state index contributed by atoms with van der Waals surface area (Å²) in [6.07, 6.45) is 0. The third kappa shape index (κ3) is 3.36. The molecule has 2 aromatic carbocycles. The van der Waals surface area contributed by atoms with Crippen molar-refractivity contribution in [3.8, 4) is 0 Å². The van der Waals surface area contributed by atoms with Crippen LogP contribution in [-0.4, -0.2) is 17.0 Å². The molecule has 4 nitrogen and oxygen atoms in total. The number of aryl methyl sites for hydroxylation is 1. The molecular formula is C15H12INO3. The standard InChI is InChI=1S/C15H12INO3/c1-9-7-12(5-6-13(9)15(19)20)17-14(18)10-3-2-4-11(16)8-10/h2-8H,1H3,(H,17,18)(H,19,20). The zero-order chi connectivity index (χ0) is 14.7. The summed E-state index contributed by atoms with van der Waals surface area (Å²) in [5, 5.41) is 11.7. The number of nitrogens with one attached hydrogen (secondary N) is 1. The highest BCUT2D eigenvalue weighted by Crippen LogP contribution is 2.17. The van der Waals surface area contributed by atoms with Gasteiger partial charge in [-0.15, -0.1) is 0 Å². The molecular weight excluding hydrogens is 369 g/mol. The van der Waals surface area contributed by atoms with Gasteiger partial charge in [0.25, 0.3) is 5.91 Å². The number of halogens is 1. The van der Waals surface area contributed by atoms with Gasteiger partial charge in [0, 0.05) is 14.8 Å². The zero-order valence-electron chi connectivity index (χ0n) is 10.7. The minimum atomic E-state index is -0.974. The highest BCUT2D eigenvalue weighted by atomic mass is 127. The molecule has 2 N–H and O–H groups in total. The van der Waals surface area contributed by atoms with Gasteiger partial charge in [-0.1, -0.05) is 6.07 Å². The SMILES string of the molecule is Cc1cc(NC(=O)c2cccc(I)c2)ccc1C(=O)O. The van der Waals surface area contributed by atoms with E-state index in [1.807, 2.05) is 12.1 Å². The maximum absolute atomic E-state index is 12.1. The first kappa shape index (κ1) is 14.5. The summed E-state index contributed by atoms with van der Waals surface area (Å²) in [5.74, 6) is -1.19. The van der Waals surface area contributed by atoms with Crippen molar-refractivity contribution in [1.29, 1.82) is 0 Å². The topological polar surface area (TPSA) is 66.4 Å². The number of carboxylic acid groups (broad SMARTS) is 1. The summed E-state index contributed by atoms with van der Waals surface area (Å²) in [5.41, 5.74) is 1.99. The largest absolute Gasteiger partial charge is 0.478 e. The van der Waals surface area contributed by atoms with Gasteiger partial charge in [-0.2, -0.15) is 0 Å². The molecule has 0 aliphatic carbocycles. The van der Waals surface area contributed by atoms with E-state index >= 15 is 0 Å². The highest BCUT2D eigenvalue weighted by Gasteiger charge is 2.10. The van der Waals surface area contributed by atoms with E-state index in [1.165, 1.54) is 6.07 Å². The molecule has 0 atom stereocenters. The maximum atomic E-state index is 12.1. The molecule has 20 heavy (non-hydrogen) atoms. The van der Waals surface area contributed by atoms with E-state index in [-0.39, 0.29) is 11.5 Å². The molecule has 0 saturated carbocycles. The van der Waals surface area contributed by atoms with Crippen molar-refractivity contribution < 1.29 is 14.7 Å². The number of rotatable bonds is 3. The summed E-state index contributed by atoms with van der Waals surface area (Å²) in [6, 6.07) is 12.0. The predicted octanol–water partition coefficient (Wildman–Crippen LogP) is 3.55. The maximum Gasteiger partial charge on any atom is 0.335 e. The van der Waals surface area contributed by atoms with Crippen LogP contribution in [0.5, 0.6) is 0 Å². The number of carbonyl (C=O) groups excluding carboxylic acids is 1. The first-order valence-corrected chi connectivity index (χ1v) is 6.96. The Balaban J connectivity index is 2.20. The normalized spacial score (nSPS) is 10.1. The van der Waals surface area contributed by atoms with E-state index in [9.17, 15) is 9.59 Å². The molecule has 0 saturated heterocycles. The molecule has 0 spiro atoms.